The molecule has 1 atom stereocenters. The fourth-order valence-electron chi connectivity index (χ4n) is 1.28. The molecule has 1 aromatic rings. The Morgan fingerprint density at radius 3 is 2.83 bits per heavy atom. The number of nitrogen functional groups attached to an aromatic ring is 1. The van der Waals surface area contributed by atoms with Crippen LogP contribution in [0.1, 0.15) is 13.8 Å². The largest absolute Gasteiger partial charge is 0.378 e. The zero-order chi connectivity index (χ0) is 13.7. The summed E-state index contributed by atoms with van der Waals surface area (Å²) in [6.45, 7) is 3.81. The third kappa shape index (κ3) is 3.03. The van der Waals surface area contributed by atoms with Gasteiger partial charge in [0.25, 0.3) is 0 Å². The van der Waals surface area contributed by atoms with Gasteiger partial charge in [-0.2, -0.15) is 0 Å². The van der Waals surface area contributed by atoms with E-state index >= 15 is 0 Å². The van der Waals surface area contributed by atoms with Gasteiger partial charge in [0, 0.05) is 6.54 Å². The molecule has 0 aliphatic heterocycles. The summed E-state index contributed by atoms with van der Waals surface area (Å²) in [6, 6.07) is -0.669. The Kier molecular flexibility index (Phi) is 4.35. The van der Waals surface area contributed by atoms with Crippen molar-refractivity contribution in [3.63, 3.8) is 0 Å². The molecular weight excluding hydrogens is 240 g/mol. The van der Waals surface area contributed by atoms with Gasteiger partial charge in [-0.15, -0.1) is 0 Å². The summed E-state index contributed by atoms with van der Waals surface area (Å²) >= 11 is 0. The molecule has 9 nitrogen and oxygen atoms in total. The Balaban J connectivity index is 2.94. The van der Waals surface area contributed by atoms with E-state index in [1.807, 2.05) is 0 Å². The number of nitrogens with one attached hydrogen (secondary N) is 2. The zero-order valence-electron chi connectivity index (χ0n) is 10.0. The lowest BCUT2D eigenvalue weighted by molar-refractivity contribution is -0.383. The molecule has 4 N–H and O–H groups in total. The Bertz CT molecular complexity index is 464. The van der Waals surface area contributed by atoms with Crippen LogP contribution in [0.3, 0.4) is 0 Å². The first kappa shape index (κ1) is 13.6. The normalized spacial score (nSPS) is 11.7. The molecule has 98 valence electrons. The lowest BCUT2D eigenvalue weighted by atomic mass is 10.3. The van der Waals surface area contributed by atoms with Gasteiger partial charge in [-0.1, -0.05) is 0 Å². The fourth-order valence-corrected chi connectivity index (χ4v) is 1.28. The van der Waals surface area contributed by atoms with Crippen molar-refractivity contribution >= 4 is 23.2 Å². The molecule has 0 fully saturated rings. The van der Waals surface area contributed by atoms with Crippen LogP contribution in [-0.2, 0) is 4.79 Å². The van der Waals surface area contributed by atoms with E-state index in [4.69, 9.17) is 5.73 Å². The number of anilines is 2. The Hall–Kier alpha value is -2.45. The molecule has 9 heteroatoms. The number of amides is 1. The minimum Gasteiger partial charge on any atom is -0.378 e. The summed E-state index contributed by atoms with van der Waals surface area (Å²) in [4.78, 5) is 28.9. The summed E-state index contributed by atoms with van der Waals surface area (Å²) in [5, 5.41) is 16.0. The van der Waals surface area contributed by atoms with E-state index < -0.39 is 16.7 Å². The number of hydrogen-bond acceptors (Lipinski definition) is 7. The van der Waals surface area contributed by atoms with Crippen LogP contribution in [0.5, 0.6) is 0 Å². The van der Waals surface area contributed by atoms with Crippen molar-refractivity contribution < 1.29 is 9.72 Å². The lowest BCUT2D eigenvalue weighted by Crippen LogP contribution is -2.37. The predicted octanol–water partition coefficient (Wildman–Crippen LogP) is -0.0965. The van der Waals surface area contributed by atoms with Crippen LogP contribution in [0.2, 0.25) is 0 Å². The SMILES string of the molecule is CCNC(=O)C(C)Nc1ncnc(N)c1[N+](=O)[O-]. The molecule has 1 amide bonds. The maximum Gasteiger partial charge on any atom is 0.353 e. The van der Waals surface area contributed by atoms with Gasteiger partial charge < -0.3 is 16.4 Å². The maximum absolute atomic E-state index is 11.5. The number of carbonyl (C=O) groups excluding carboxylic acids is 1. The highest BCUT2D eigenvalue weighted by atomic mass is 16.6. The number of nitro groups is 1. The lowest BCUT2D eigenvalue weighted by Gasteiger charge is -2.13. The van der Waals surface area contributed by atoms with Crippen LogP contribution in [0.15, 0.2) is 6.33 Å². The first-order chi connectivity index (χ1) is 8.47. The van der Waals surface area contributed by atoms with Crippen molar-refractivity contribution in [3.05, 3.63) is 16.4 Å². The second kappa shape index (κ2) is 5.75. The van der Waals surface area contributed by atoms with Crippen molar-refractivity contribution in [2.45, 2.75) is 19.9 Å². The van der Waals surface area contributed by atoms with E-state index in [9.17, 15) is 14.9 Å². The molecule has 1 aromatic heterocycles. The average molecular weight is 254 g/mol. The van der Waals surface area contributed by atoms with E-state index in [-0.39, 0.29) is 17.5 Å². The van der Waals surface area contributed by atoms with Gasteiger partial charge in [0.1, 0.15) is 12.4 Å². The second-order valence-electron chi connectivity index (χ2n) is 3.47. The highest BCUT2D eigenvalue weighted by Gasteiger charge is 2.23. The molecule has 0 aliphatic carbocycles. The summed E-state index contributed by atoms with van der Waals surface area (Å²) in [5.41, 5.74) is 4.96. The summed E-state index contributed by atoms with van der Waals surface area (Å²) < 4.78 is 0. The summed E-state index contributed by atoms with van der Waals surface area (Å²) in [7, 11) is 0. The average Bonchev–Trinajstić information content (AvgIpc) is 2.28. The van der Waals surface area contributed by atoms with E-state index in [1.165, 1.54) is 0 Å². The molecule has 0 radical (unpaired) electrons. The monoisotopic (exact) mass is 254 g/mol. The molecule has 0 bridgehead atoms. The summed E-state index contributed by atoms with van der Waals surface area (Å²) in [6.07, 6.45) is 1.09. The molecule has 1 heterocycles. The minimum atomic E-state index is -0.692. The number of nitrogens with zero attached hydrogens (tertiary/aromatic N) is 3. The number of aromatic nitrogens is 2. The predicted molar refractivity (Wildman–Crippen MR) is 64.9 cm³/mol. The van der Waals surface area contributed by atoms with Crippen LogP contribution < -0.4 is 16.4 Å². The maximum atomic E-state index is 11.5. The Morgan fingerprint density at radius 2 is 2.28 bits per heavy atom. The van der Waals surface area contributed by atoms with E-state index in [0.717, 1.165) is 6.33 Å². The van der Waals surface area contributed by atoms with Crippen molar-refractivity contribution in [3.8, 4) is 0 Å². The number of hydrogen-bond donors (Lipinski definition) is 3. The number of likely N-dealkylation sites (N-methyl/N-ethyl adjacent to an activating group) is 1. The number of rotatable bonds is 5. The van der Waals surface area contributed by atoms with E-state index in [0.29, 0.717) is 6.54 Å². The minimum absolute atomic E-state index is 0.0775. The zero-order valence-corrected chi connectivity index (χ0v) is 10.0. The number of nitrogens with two attached hydrogens (primary N) is 1. The van der Waals surface area contributed by atoms with Gasteiger partial charge in [-0.3, -0.25) is 14.9 Å². The van der Waals surface area contributed by atoms with Crippen LogP contribution in [0.4, 0.5) is 17.3 Å². The molecule has 1 unspecified atom stereocenters. The smallest absolute Gasteiger partial charge is 0.353 e. The van der Waals surface area contributed by atoms with Crippen LogP contribution in [0, 0.1) is 10.1 Å². The Labute approximate surface area is 103 Å². The molecule has 1 rings (SSSR count). The highest BCUT2D eigenvalue weighted by molar-refractivity contribution is 5.85. The van der Waals surface area contributed by atoms with Crippen LogP contribution in [0.25, 0.3) is 0 Å². The number of carbonyl (C=O) groups is 1. The van der Waals surface area contributed by atoms with Gasteiger partial charge >= 0.3 is 5.69 Å². The molecule has 0 saturated carbocycles. The summed E-state index contributed by atoms with van der Waals surface area (Å²) in [5.74, 6) is -0.615. The van der Waals surface area contributed by atoms with Crippen molar-refractivity contribution in [2.24, 2.45) is 0 Å². The molecule has 0 aliphatic rings. The van der Waals surface area contributed by atoms with Crippen molar-refractivity contribution in [1.29, 1.82) is 0 Å². The molecule has 18 heavy (non-hydrogen) atoms. The Morgan fingerprint density at radius 1 is 1.61 bits per heavy atom. The third-order valence-corrected chi connectivity index (χ3v) is 2.13. The van der Waals surface area contributed by atoms with Gasteiger partial charge in [0.05, 0.1) is 4.92 Å². The van der Waals surface area contributed by atoms with Crippen LogP contribution >= 0.6 is 0 Å². The third-order valence-electron chi connectivity index (χ3n) is 2.13. The topological polar surface area (TPSA) is 136 Å². The first-order valence-corrected chi connectivity index (χ1v) is 5.26. The standard InChI is InChI=1S/C9H14N6O3/c1-3-11-9(16)5(2)14-8-6(15(17)18)7(10)12-4-13-8/h4-5H,3H2,1-2H3,(H,11,16)(H3,10,12,13,14). The molecule has 0 spiro atoms. The first-order valence-electron chi connectivity index (χ1n) is 5.26. The molecule has 0 saturated heterocycles. The quantitative estimate of drug-likeness (QED) is 0.493. The van der Waals surface area contributed by atoms with Crippen molar-refractivity contribution in [1.82, 2.24) is 15.3 Å². The van der Waals surface area contributed by atoms with Crippen molar-refractivity contribution in [2.75, 3.05) is 17.6 Å². The van der Waals surface area contributed by atoms with Gasteiger partial charge in [0.2, 0.25) is 17.5 Å². The van der Waals surface area contributed by atoms with Gasteiger partial charge in [-0.25, -0.2) is 9.97 Å². The van der Waals surface area contributed by atoms with Gasteiger partial charge in [-0.05, 0) is 13.8 Å². The fraction of sp³-hybridized carbons (Fsp3) is 0.444. The van der Waals surface area contributed by atoms with Gasteiger partial charge in [0.15, 0.2) is 0 Å². The van der Waals surface area contributed by atoms with Crippen LogP contribution in [-0.4, -0.2) is 33.4 Å². The second-order valence-corrected chi connectivity index (χ2v) is 3.47. The molecule has 0 aromatic carbocycles. The highest BCUT2D eigenvalue weighted by Crippen LogP contribution is 2.26. The van der Waals surface area contributed by atoms with E-state index in [1.54, 1.807) is 13.8 Å². The molecular formula is C9H14N6O3. The van der Waals surface area contributed by atoms with E-state index in [2.05, 4.69) is 20.6 Å².